The molecule has 6 nitrogen and oxygen atoms in total. The number of hydrogen-bond acceptors (Lipinski definition) is 4. The number of benzene rings is 1. The summed E-state index contributed by atoms with van der Waals surface area (Å²) in [5, 5.41) is 4.32. The number of aryl methyl sites for hydroxylation is 1. The zero-order valence-corrected chi connectivity index (χ0v) is 13.8. The van der Waals surface area contributed by atoms with Gasteiger partial charge in [-0.1, -0.05) is 0 Å². The summed E-state index contributed by atoms with van der Waals surface area (Å²) in [6.45, 7) is 8.57. The molecule has 0 unspecified atom stereocenters. The number of ether oxygens (including phenoxy) is 2. The summed E-state index contributed by atoms with van der Waals surface area (Å²) >= 11 is 0. The summed E-state index contributed by atoms with van der Waals surface area (Å²) in [6.07, 6.45) is 0. The molecule has 22 heavy (non-hydrogen) atoms. The SMILES string of the molecule is COc1ccc(OCCn2c(C)nn(C(C)(C)C)c2=O)cc1. The van der Waals surface area contributed by atoms with Crippen molar-refractivity contribution in [2.75, 3.05) is 13.7 Å². The first kappa shape index (κ1) is 16.1. The molecule has 0 saturated carbocycles. The van der Waals surface area contributed by atoms with E-state index in [9.17, 15) is 4.79 Å². The molecule has 0 fully saturated rings. The quantitative estimate of drug-likeness (QED) is 0.849. The van der Waals surface area contributed by atoms with Crippen molar-refractivity contribution in [1.82, 2.24) is 14.3 Å². The zero-order chi connectivity index (χ0) is 16.3. The van der Waals surface area contributed by atoms with E-state index in [4.69, 9.17) is 9.47 Å². The van der Waals surface area contributed by atoms with Crippen LogP contribution in [0.4, 0.5) is 0 Å². The molecule has 0 aliphatic heterocycles. The molecule has 6 heteroatoms. The zero-order valence-electron chi connectivity index (χ0n) is 13.8. The molecule has 1 aromatic heterocycles. The lowest BCUT2D eigenvalue weighted by Gasteiger charge is -2.16. The minimum atomic E-state index is -0.329. The first-order valence-electron chi connectivity index (χ1n) is 7.26. The van der Waals surface area contributed by atoms with E-state index in [0.29, 0.717) is 19.0 Å². The van der Waals surface area contributed by atoms with Crippen LogP contribution in [-0.4, -0.2) is 28.1 Å². The molecule has 0 aliphatic carbocycles. The van der Waals surface area contributed by atoms with Gasteiger partial charge in [0, 0.05) is 0 Å². The Labute approximate surface area is 130 Å². The number of rotatable bonds is 5. The fourth-order valence-electron chi connectivity index (χ4n) is 2.12. The molecular formula is C16H23N3O3. The van der Waals surface area contributed by atoms with Crippen LogP contribution in [0.2, 0.25) is 0 Å². The summed E-state index contributed by atoms with van der Waals surface area (Å²) < 4.78 is 13.9. The lowest BCUT2D eigenvalue weighted by molar-refractivity contribution is 0.290. The molecule has 1 aromatic carbocycles. The second kappa shape index (κ2) is 6.25. The lowest BCUT2D eigenvalue weighted by atomic mass is 10.1. The number of methoxy groups -OCH3 is 1. The fraction of sp³-hybridized carbons (Fsp3) is 0.500. The van der Waals surface area contributed by atoms with Gasteiger partial charge in [0.1, 0.15) is 23.9 Å². The Morgan fingerprint density at radius 1 is 1.14 bits per heavy atom. The van der Waals surface area contributed by atoms with E-state index in [1.807, 2.05) is 52.0 Å². The Morgan fingerprint density at radius 2 is 1.73 bits per heavy atom. The van der Waals surface area contributed by atoms with Crippen LogP contribution in [0.15, 0.2) is 29.1 Å². The van der Waals surface area contributed by atoms with Crippen LogP contribution in [-0.2, 0) is 12.1 Å². The van der Waals surface area contributed by atoms with Crippen LogP contribution in [0.1, 0.15) is 26.6 Å². The van der Waals surface area contributed by atoms with Crippen molar-refractivity contribution in [2.45, 2.75) is 39.8 Å². The van der Waals surface area contributed by atoms with Crippen LogP contribution in [0, 0.1) is 6.92 Å². The summed E-state index contributed by atoms with van der Waals surface area (Å²) in [4.78, 5) is 12.4. The molecule has 0 amide bonds. The Morgan fingerprint density at radius 3 is 2.23 bits per heavy atom. The third-order valence-corrected chi connectivity index (χ3v) is 3.33. The van der Waals surface area contributed by atoms with E-state index in [1.165, 1.54) is 4.68 Å². The van der Waals surface area contributed by atoms with Crippen molar-refractivity contribution in [3.63, 3.8) is 0 Å². The topological polar surface area (TPSA) is 58.3 Å². The molecule has 0 spiro atoms. The van der Waals surface area contributed by atoms with Crippen LogP contribution in [0.3, 0.4) is 0 Å². The molecule has 1 heterocycles. The highest BCUT2D eigenvalue weighted by molar-refractivity contribution is 5.31. The van der Waals surface area contributed by atoms with E-state index in [2.05, 4.69) is 5.10 Å². The van der Waals surface area contributed by atoms with Gasteiger partial charge in [0.25, 0.3) is 0 Å². The highest BCUT2D eigenvalue weighted by Gasteiger charge is 2.20. The van der Waals surface area contributed by atoms with Gasteiger partial charge in [-0.15, -0.1) is 0 Å². The Balaban J connectivity index is 2.03. The smallest absolute Gasteiger partial charge is 0.346 e. The third-order valence-electron chi connectivity index (χ3n) is 3.33. The van der Waals surface area contributed by atoms with E-state index >= 15 is 0 Å². The predicted molar refractivity (Wildman–Crippen MR) is 84.7 cm³/mol. The Bertz CT molecular complexity index is 678. The first-order chi connectivity index (χ1) is 10.3. The van der Waals surface area contributed by atoms with Gasteiger partial charge >= 0.3 is 5.69 Å². The molecule has 120 valence electrons. The largest absolute Gasteiger partial charge is 0.497 e. The van der Waals surface area contributed by atoms with Crippen LogP contribution in [0.25, 0.3) is 0 Å². The van der Waals surface area contributed by atoms with Crippen molar-refractivity contribution in [2.24, 2.45) is 0 Å². The van der Waals surface area contributed by atoms with Crippen molar-refractivity contribution in [3.05, 3.63) is 40.6 Å². The standard InChI is InChI=1S/C16H23N3O3/c1-12-17-19(16(2,3)4)15(20)18(12)10-11-22-14-8-6-13(21-5)7-9-14/h6-9H,10-11H2,1-5H3. The maximum atomic E-state index is 12.4. The monoisotopic (exact) mass is 305 g/mol. The van der Waals surface area contributed by atoms with Crippen molar-refractivity contribution < 1.29 is 9.47 Å². The summed E-state index contributed by atoms with van der Waals surface area (Å²) in [5.74, 6) is 2.22. The van der Waals surface area contributed by atoms with Gasteiger partial charge in [-0.25, -0.2) is 9.48 Å². The maximum Gasteiger partial charge on any atom is 0.346 e. The summed E-state index contributed by atoms with van der Waals surface area (Å²) in [7, 11) is 1.62. The first-order valence-corrected chi connectivity index (χ1v) is 7.26. The Kier molecular flexibility index (Phi) is 4.59. The average molecular weight is 305 g/mol. The fourth-order valence-corrected chi connectivity index (χ4v) is 2.12. The minimum absolute atomic E-state index is 0.108. The number of hydrogen-bond donors (Lipinski definition) is 0. The normalized spacial score (nSPS) is 11.5. The highest BCUT2D eigenvalue weighted by atomic mass is 16.5. The third kappa shape index (κ3) is 3.50. The second-order valence-corrected chi connectivity index (χ2v) is 6.09. The summed E-state index contributed by atoms with van der Waals surface area (Å²) in [5.41, 5.74) is -0.437. The van der Waals surface area contributed by atoms with E-state index in [0.717, 1.165) is 11.5 Å². The maximum absolute atomic E-state index is 12.4. The molecular weight excluding hydrogens is 282 g/mol. The highest BCUT2D eigenvalue weighted by Crippen LogP contribution is 2.17. The molecule has 0 aliphatic rings. The predicted octanol–water partition coefficient (Wildman–Crippen LogP) is 2.20. The summed E-state index contributed by atoms with van der Waals surface area (Å²) in [6, 6.07) is 7.36. The van der Waals surface area contributed by atoms with Crippen LogP contribution >= 0.6 is 0 Å². The average Bonchev–Trinajstić information content (AvgIpc) is 2.76. The van der Waals surface area contributed by atoms with Crippen LogP contribution in [0.5, 0.6) is 11.5 Å². The van der Waals surface area contributed by atoms with Gasteiger partial charge in [0.05, 0.1) is 19.2 Å². The van der Waals surface area contributed by atoms with Gasteiger partial charge in [-0.3, -0.25) is 4.57 Å². The van der Waals surface area contributed by atoms with E-state index < -0.39 is 0 Å². The molecule has 2 aromatic rings. The molecule has 0 bridgehead atoms. The molecule has 0 radical (unpaired) electrons. The van der Waals surface area contributed by atoms with Gasteiger partial charge in [-0.05, 0) is 52.0 Å². The Hall–Kier alpha value is -2.24. The second-order valence-electron chi connectivity index (χ2n) is 6.09. The van der Waals surface area contributed by atoms with Crippen LogP contribution < -0.4 is 15.2 Å². The van der Waals surface area contributed by atoms with Gasteiger partial charge < -0.3 is 9.47 Å². The van der Waals surface area contributed by atoms with Crippen molar-refractivity contribution >= 4 is 0 Å². The van der Waals surface area contributed by atoms with E-state index in [-0.39, 0.29) is 11.2 Å². The molecule has 0 N–H and O–H groups in total. The van der Waals surface area contributed by atoms with Gasteiger partial charge in [-0.2, -0.15) is 5.10 Å². The molecule has 0 saturated heterocycles. The van der Waals surface area contributed by atoms with Crippen molar-refractivity contribution in [1.29, 1.82) is 0 Å². The number of aromatic nitrogens is 3. The molecule has 2 rings (SSSR count). The van der Waals surface area contributed by atoms with Gasteiger partial charge in [0.15, 0.2) is 0 Å². The lowest BCUT2D eigenvalue weighted by Crippen LogP contribution is -2.36. The minimum Gasteiger partial charge on any atom is -0.497 e. The number of nitrogens with zero attached hydrogens (tertiary/aromatic N) is 3. The molecule has 0 atom stereocenters. The van der Waals surface area contributed by atoms with E-state index in [1.54, 1.807) is 11.7 Å². The van der Waals surface area contributed by atoms with Gasteiger partial charge in [0.2, 0.25) is 0 Å². The van der Waals surface area contributed by atoms with Crippen molar-refractivity contribution in [3.8, 4) is 11.5 Å².